The molecule has 0 bridgehead atoms. The van der Waals surface area contributed by atoms with Gasteiger partial charge in [0.15, 0.2) is 0 Å². The molecule has 1 aliphatic rings. The van der Waals surface area contributed by atoms with E-state index in [1.54, 1.807) is 6.07 Å². The van der Waals surface area contributed by atoms with Crippen LogP contribution >= 0.6 is 0 Å². The predicted molar refractivity (Wildman–Crippen MR) is 80.3 cm³/mol. The molecule has 0 spiro atoms. The lowest BCUT2D eigenvalue weighted by Crippen LogP contribution is -2.47. The van der Waals surface area contributed by atoms with E-state index in [2.05, 4.69) is 26.1 Å². The van der Waals surface area contributed by atoms with Gasteiger partial charge in [-0.2, -0.15) is 0 Å². The number of hydrogen-bond acceptors (Lipinski definition) is 2. The second-order valence-corrected chi connectivity index (χ2v) is 7.13. The summed E-state index contributed by atoms with van der Waals surface area (Å²) in [5.74, 6) is -0.971. The van der Waals surface area contributed by atoms with Gasteiger partial charge in [0.2, 0.25) is 0 Å². The van der Waals surface area contributed by atoms with E-state index in [4.69, 9.17) is 4.74 Å². The van der Waals surface area contributed by atoms with Crippen LogP contribution in [0, 0.1) is 17.0 Å². The van der Waals surface area contributed by atoms with Crippen molar-refractivity contribution in [2.75, 3.05) is 19.8 Å². The molecule has 1 fully saturated rings. The maximum absolute atomic E-state index is 14.0. The van der Waals surface area contributed by atoms with Gasteiger partial charge in [-0.15, -0.1) is 0 Å². The molecular weight excluding hydrogens is 272 g/mol. The largest absolute Gasteiger partial charge is 0.381 e. The number of hydrogen-bond donors (Lipinski definition) is 1. The molecule has 1 aromatic rings. The Balaban J connectivity index is 2.15. The zero-order chi connectivity index (χ0) is 15.5. The number of halogens is 2. The second kappa shape index (κ2) is 6.41. The Morgan fingerprint density at radius 1 is 1.19 bits per heavy atom. The van der Waals surface area contributed by atoms with Crippen molar-refractivity contribution in [1.82, 2.24) is 5.32 Å². The minimum Gasteiger partial charge on any atom is -0.381 e. The fraction of sp³-hybridized carbons (Fsp3) is 0.647. The van der Waals surface area contributed by atoms with Gasteiger partial charge in [0.05, 0.1) is 0 Å². The van der Waals surface area contributed by atoms with E-state index in [1.807, 2.05) is 0 Å². The van der Waals surface area contributed by atoms with Crippen LogP contribution < -0.4 is 5.32 Å². The van der Waals surface area contributed by atoms with Crippen molar-refractivity contribution < 1.29 is 13.5 Å². The molecule has 0 atom stereocenters. The average molecular weight is 297 g/mol. The number of benzene rings is 1. The monoisotopic (exact) mass is 297 g/mol. The summed E-state index contributed by atoms with van der Waals surface area (Å²) in [4.78, 5) is 0. The average Bonchev–Trinajstić information content (AvgIpc) is 2.41. The minimum atomic E-state index is -0.523. The first-order chi connectivity index (χ1) is 9.80. The Morgan fingerprint density at radius 3 is 2.43 bits per heavy atom. The van der Waals surface area contributed by atoms with Gasteiger partial charge in [-0.3, -0.25) is 0 Å². The Morgan fingerprint density at radius 2 is 1.86 bits per heavy atom. The van der Waals surface area contributed by atoms with Crippen LogP contribution in [-0.2, 0) is 11.2 Å². The van der Waals surface area contributed by atoms with Gasteiger partial charge in [0.1, 0.15) is 11.6 Å². The second-order valence-electron chi connectivity index (χ2n) is 7.13. The molecule has 0 unspecified atom stereocenters. The van der Waals surface area contributed by atoms with E-state index in [0.717, 1.165) is 25.5 Å². The van der Waals surface area contributed by atoms with Crippen LogP contribution in [0.25, 0.3) is 0 Å². The van der Waals surface area contributed by atoms with Crippen molar-refractivity contribution in [3.63, 3.8) is 0 Å². The molecule has 1 aliphatic heterocycles. The Labute approximate surface area is 125 Å². The van der Waals surface area contributed by atoms with Gasteiger partial charge in [-0.1, -0.05) is 6.07 Å². The molecule has 1 heterocycles. The van der Waals surface area contributed by atoms with Gasteiger partial charge in [-0.05, 0) is 57.1 Å². The van der Waals surface area contributed by atoms with Crippen molar-refractivity contribution in [2.24, 2.45) is 5.41 Å². The quantitative estimate of drug-likeness (QED) is 0.915. The molecule has 0 aromatic heterocycles. The Hall–Kier alpha value is -1.00. The molecule has 4 heteroatoms. The summed E-state index contributed by atoms with van der Waals surface area (Å²) in [6.07, 6.45) is 2.41. The van der Waals surface area contributed by atoms with Crippen LogP contribution in [0.2, 0.25) is 0 Å². The topological polar surface area (TPSA) is 21.3 Å². The lowest BCUT2D eigenvalue weighted by atomic mass is 9.74. The molecule has 2 rings (SSSR count). The summed E-state index contributed by atoms with van der Waals surface area (Å²) in [6.45, 7) is 8.59. The fourth-order valence-electron chi connectivity index (χ4n) is 2.74. The van der Waals surface area contributed by atoms with Gasteiger partial charge >= 0.3 is 0 Å². The van der Waals surface area contributed by atoms with Crippen LogP contribution in [0.3, 0.4) is 0 Å². The highest BCUT2D eigenvalue weighted by atomic mass is 19.1. The fourth-order valence-corrected chi connectivity index (χ4v) is 2.74. The van der Waals surface area contributed by atoms with E-state index in [1.165, 1.54) is 6.07 Å². The van der Waals surface area contributed by atoms with E-state index in [0.29, 0.717) is 25.2 Å². The zero-order valence-electron chi connectivity index (χ0n) is 13.1. The first-order valence-electron chi connectivity index (χ1n) is 7.56. The molecule has 1 aromatic carbocycles. The molecule has 21 heavy (non-hydrogen) atoms. The lowest BCUT2D eigenvalue weighted by Gasteiger charge is -2.40. The maximum atomic E-state index is 14.0. The zero-order valence-corrected chi connectivity index (χ0v) is 13.1. The molecule has 0 saturated carbocycles. The highest BCUT2D eigenvalue weighted by Gasteiger charge is 2.34. The maximum Gasteiger partial charge on any atom is 0.129 e. The normalized spacial score (nSPS) is 18.7. The summed E-state index contributed by atoms with van der Waals surface area (Å²) in [5, 5.41) is 3.53. The SMILES string of the molecule is CC(C)(C)NCC1(Cc2ccc(F)cc2F)CCOCC1. The third-order valence-electron chi connectivity index (χ3n) is 4.13. The van der Waals surface area contributed by atoms with Gasteiger partial charge in [0, 0.05) is 31.4 Å². The number of rotatable bonds is 4. The van der Waals surface area contributed by atoms with Crippen LogP contribution in [-0.4, -0.2) is 25.3 Å². The van der Waals surface area contributed by atoms with Gasteiger partial charge in [-0.25, -0.2) is 8.78 Å². The highest BCUT2D eigenvalue weighted by molar-refractivity contribution is 5.20. The van der Waals surface area contributed by atoms with Crippen LogP contribution in [0.5, 0.6) is 0 Å². The highest BCUT2D eigenvalue weighted by Crippen LogP contribution is 2.35. The summed E-state index contributed by atoms with van der Waals surface area (Å²) in [6, 6.07) is 3.88. The van der Waals surface area contributed by atoms with E-state index in [9.17, 15) is 8.78 Å². The summed E-state index contributed by atoms with van der Waals surface area (Å²) < 4.78 is 32.5. The third-order valence-corrected chi connectivity index (χ3v) is 4.13. The molecule has 118 valence electrons. The van der Waals surface area contributed by atoms with E-state index >= 15 is 0 Å². The summed E-state index contributed by atoms with van der Waals surface area (Å²) in [5.41, 5.74) is 0.589. The molecule has 0 aliphatic carbocycles. The van der Waals surface area contributed by atoms with Crippen LogP contribution in [0.15, 0.2) is 18.2 Å². The molecule has 0 amide bonds. The van der Waals surface area contributed by atoms with Crippen molar-refractivity contribution in [2.45, 2.75) is 45.6 Å². The van der Waals surface area contributed by atoms with Crippen LogP contribution in [0.4, 0.5) is 8.78 Å². The van der Waals surface area contributed by atoms with Crippen molar-refractivity contribution >= 4 is 0 Å². The Bertz CT molecular complexity index is 476. The molecule has 1 N–H and O–H groups in total. The standard InChI is InChI=1S/C17H25F2NO/c1-16(2,3)20-12-17(6-8-21-9-7-17)11-13-4-5-14(18)10-15(13)19/h4-5,10,20H,6-9,11-12H2,1-3H3. The first kappa shape index (κ1) is 16.4. The van der Waals surface area contributed by atoms with Crippen molar-refractivity contribution in [3.8, 4) is 0 Å². The summed E-state index contributed by atoms with van der Waals surface area (Å²) >= 11 is 0. The summed E-state index contributed by atoms with van der Waals surface area (Å²) in [7, 11) is 0. The minimum absolute atomic E-state index is 0.0205. The molecule has 1 saturated heterocycles. The van der Waals surface area contributed by atoms with Gasteiger partial charge < -0.3 is 10.1 Å². The molecule has 0 radical (unpaired) electrons. The van der Waals surface area contributed by atoms with E-state index in [-0.39, 0.29) is 11.0 Å². The number of ether oxygens (including phenoxy) is 1. The predicted octanol–water partition coefficient (Wildman–Crippen LogP) is 3.69. The Kier molecular flexibility index (Phi) is 4.99. The molecule has 2 nitrogen and oxygen atoms in total. The first-order valence-corrected chi connectivity index (χ1v) is 7.56. The van der Waals surface area contributed by atoms with Crippen molar-refractivity contribution in [3.05, 3.63) is 35.4 Å². The third kappa shape index (κ3) is 4.75. The smallest absolute Gasteiger partial charge is 0.129 e. The van der Waals surface area contributed by atoms with Gasteiger partial charge in [0.25, 0.3) is 0 Å². The molecular formula is C17H25F2NO. The van der Waals surface area contributed by atoms with E-state index < -0.39 is 11.6 Å². The lowest BCUT2D eigenvalue weighted by molar-refractivity contribution is 0.0117. The van der Waals surface area contributed by atoms with Crippen molar-refractivity contribution in [1.29, 1.82) is 0 Å². The van der Waals surface area contributed by atoms with Crippen LogP contribution in [0.1, 0.15) is 39.2 Å². The number of nitrogens with one attached hydrogen (secondary N) is 1.